The molecule has 2 rings (SSSR count). The number of urea groups is 1. The Bertz CT molecular complexity index is 608. The van der Waals surface area contributed by atoms with Crippen LogP contribution in [0.15, 0.2) is 24.3 Å². The molecule has 6 heteroatoms. The first-order chi connectivity index (χ1) is 11.8. The number of phenolic OH excluding ortho intramolecular Hbond substituents is 1. The zero-order valence-corrected chi connectivity index (χ0v) is 15.3. The maximum Gasteiger partial charge on any atom is 0.317 e. The van der Waals surface area contributed by atoms with Gasteiger partial charge in [0.1, 0.15) is 5.75 Å². The second-order valence-electron chi connectivity index (χ2n) is 7.34. The lowest BCUT2D eigenvalue weighted by molar-refractivity contribution is -0.121. The van der Waals surface area contributed by atoms with Crippen molar-refractivity contribution in [2.45, 2.75) is 51.0 Å². The third-order valence-corrected chi connectivity index (χ3v) is 4.83. The smallest absolute Gasteiger partial charge is 0.317 e. The van der Waals surface area contributed by atoms with Gasteiger partial charge in [0.25, 0.3) is 0 Å². The van der Waals surface area contributed by atoms with Crippen molar-refractivity contribution in [1.29, 1.82) is 0 Å². The number of hydrogen-bond acceptors (Lipinski definition) is 3. The van der Waals surface area contributed by atoms with Crippen LogP contribution < -0.4 is 10.6 Å². The Morgan fingerprint density at radius 1 is 1.28 bits per heavy atom. The molecule has 3 amide bonds. The SMILES string of the molecule is CNC(=O)CCC(C)(C)NC(=O)N1CCC(c2cccc(O)c2)CC1. The van der Waals surface area contributed by atoms with Crippen LogP contribution in [-0.4, -0.2) is 47.6 Å². The summed E-state index contributed by atoms with van der Waals surface area (Å²) in [6.07, 6.45) is 2.76. The van der Waals surface area contributed by atoms with Gasteiger partial charge in [0.2, 0.25) is 5.91 Å². The highest BCUT2D eigenvalue weighted by Crippen LogP contribution is 2.30. The van der Waals surface area contributed by atoms with Crippen molar-refractivity contribution in [2.24, 2.45) is 0 Å². The molecule has 6 nitrogen and oxygen atoms in total. The molecular weight excluding hydrogens is 318 g/mol. The average molecular weight is 347 g/mol. The number of rotatable bonds is 5. The summed E-state index contributed by atoms with van der Waals surface area (Å²) >= 11 is 0. The fourth-order valence-electron chi connectivity index (χ4n) is 3.18. The molecular formula is C19H29N3O3. The van der Waals surface area contributed by atoms with Crippen LogP contribution in [0.3, 0.4) is 0 Å². The van der Waals surface area contributed by atoms with Gasteiger partial charge in [-0.05, 0) is 56.7 Å². The van der Waals surface area contributed by atoms with Gasteiger partial charge in [-0.15, -0.1) is 0 Å². The van der Waals surface area contributed by atoms with E-state index >= 15 is 0 Å². The molecule has 1 saturated heterocycles. The summed E-state index contributed by atoms with van der Waals surface area (Å²) in [5.74, 6) is 0.641. The van der Waals surface area contributed by atoms with Crippen molar-refractivity contribution in [3.8, 4) is 5.75 Å². The fourth-order valence-corrected chi connectivity index (χ4v) is 3.18. The molecule has 0 aromatic heterocycles. The number of aromatic hydroxyl groups is 1. The van der Waals surface area contributed by atoms with Crippen molar-refractivity contribution in [3.05, 3.63) is 29.8 Å². The van der Waals surface area contributed by atoms with Gasteiger partial charge >= 0.3 is 6.03 Å². The molecule has 1 aliphatic rings. The quantitative estimate of drug-likeness (QED) is 0.766. The van der Waals surface area contributed by atoms with Crippen molar-refractivity contribution in [1.82, 2.24) is 15.5 Å². The molecule has 0 atom stereocenters. The Balaban J connectivity index is 1.83. The van der Waals surface area contributed by atoms with Gasteiger partial charge in [-0.2, -0.15) is 0 Å². The molecule has 0 spiro atoms. The van der Waals surface area contributed by atoms with Gasteiger partial charge in [0.15, 0.2) is 0 Å². The van der Waals surface area contributed by atoms with Crippen LogP contribution in [0, 0.1) is 0 Å². The summed E-state index contributed by atoms with van der Waals surface area (Å²) in [6.45, 7) is 5.26. The van der Waals surface area contributed by atoms with Crippen LogP contribution in [0.4, 0.5) is 4.79 Å². The van der Waals surface area contributed by atoms with Gasteiger partial charge in [-0.3, -0.25) is 4.79 Å². The monoisotopic (exact) mass is 347 g/mol. The minimum absolute atomic E-state index is 0.0192. The van der Waals surface area contributed by atoms with E-state index in [9.17, 15) is 14.7 Å². The van der Waals surface area contributed by atoms with E-state index in [1.165, 1.54) is 0 Å². The zero-order chi connectivity index (χ0) is 18.4. The van der Waals surface area contributed by atoms with Crippen molar-refractivity contribution >= 4 is 11.9 Å². The Kier molecular flexibility index (Phi) is 6.28. The highest BCUT2D eigenvalue weighted by Gasteiger charge is 2.28. The number of hydrogen-bond donors (Lipinski definition) is 3. The minimum Gasteiger partial charge on any atom is -0.508 e. The number of phenols is 1. The Labute approximate surface area is 149 Å². The van der Waals surface area contributed by atoms with Crippen LogP contribution in [0.5, 0.6) is 5.75 Å². The first-order valence-corrected chi connectivity index (χ1v) is 8.87. The first kappa shape index (κ1) is 19.1. The van der Waals surface area contributed by atoms with E-state index in [1.54, 1.807) is 13.1 Å². The third kappa shape index (κ3) is 5.66. The summed E-state index contributed by atoms with van der Waals surface area (Å²) in [4.78, 5) is 25.7. The van der Waals surface area contributed by atoms with Crippen LogP contribution in [0.25, 0.3) is 0 Å². The van der Waals surface area contributed by atoms with Crippen molar-refractivity contribution in [2.75, 3.05) is 20.1 Å². The maximum atomic E-state index is 12.5. The van der Waals surface area contributed by atoms with Crippen molar-refractivity contribution < 1.29 is 14.7 Å². The molecule has 1 heterocycles. The van der Waals surface area contributed by atoms with E-state index in [2.05, 4.69) is 10.6 Å². The average Bonchev–Trinajstić information content (AvgIpc) is 2.59. The Hall–Kier alpha value is -2.24. The van der Waals surface area contributed by atoms with E-state index in [0.717, 1.165) is 18.4 Å². The molecule has 25 heavy (non-hydrogen) atoms. The van der Waals surface area contributed by atoms with Crippen LogP contribution in [0.1, 0.15) is 51.0 Å². The molecule has 0 radical (unpaired) electrons. The predicted octanol–water partition coefficient (Wildman–Crippen LogP) is 2.59. The molecule has 0 unspecified atom stereocenters. The maximum absolute atomic E-state index is 12.5. The van der Waals surface area contributed by atoms with Crippen LogP contribution >= 0.6 is 0 Å². The van der Waals surface area contributed by atoms with Gasteiger partial charge < -0.3 is 20.6 Å². The molecule has 138 valence electrons. The second kappa shape index (κ2) is 8.23. The summed E-state index contributed by atoms with van der Waals surface area (Å²) in [6, 6.07) is 7.30. The summed E-state index contributed by atoms with van der Waals surface area (Å²) in [7, 11) is 1.62. The van der Waals surface area contributed by atoms with Gasteiger partial charge in [0.05, 0.1) is 0 Å². The van der Waals surface area contributed by atoms with E-state index < -0.39 is 5.54 Å². The number of carbonyl (C=O) groups excluding carboxylic acids is 2. The molecule has 1 aliphatic heterocycles. The number of piperidine rings is 1. The Morgan fingerprint density at radius 2 is 1.96 bits per heavy atom. The summed E-state index contributed by atoms with van der Waals surface area (Å²) in [5.41, 5.74) is 0.706. The summed E-state index contributed by atoms with van der Waals surface area (Å²) in [5, 5.41) is 15.3. The number of carbonyl (C=O) groups is 2. The molecule has 1 aromatic carbocycles. The van der Waals surface area contributed by atoms with Crippen LogP contribution in [0.2, 0.25) is 0 Å². The van der Waals surface area contributed by atoms with Crippen molar-refractivity contribution in [3.63, 3.8) is 0 Å². The molecule has 0 bridgehead atoms. The number of nitrogens with zero attached hydrogens (tertiary/aromatic N) is 1. The van der Waals surface area contributed by atoms with Crippen LogP contribution in [-0.2, 0) is 4.79 Å². The van der Waals surface area contributed by atoms with Gasteiger partial charge in [-0.25, -0.2) is 4.79 Å². The zero-order valence-electron chi connectivity index (χ0n) is 15.3. The highest BCUT2D eigenvalue weighted by atomic mass is 16.3. The molecule has 1 aromatic rings. The fraction of sp³-hybridized carbons (Fsp3) is 0.579. The molecule has 3 N–H and O–H groups in total. The minimum atomic E-state index is -0.425. The number of benzene rings is 1. The molecule has 1 fully saturated rings. The second-order valence-corrected chi connectivity index (χ2v) is 7.34. The van der Waals surface area contributed by atoms with E-state index in [0.29, 0.717) is 31.8 Å². The lowest BCUT2D eigenvalue weighted by atomic mass is 9.89. The number of likely N-dealkylation sites (tertiary alicyclic amines) is 1. The van der Waals surface area contributed by atoms with Gasteiger partial charge in [0, 0.05) is 32.1 Å². The number of nitrogens with one attached hydrogen (secondary N) is 2. The topological polar surface area (TPSA) is 81.7 Å². The largest absolute Gasteiger partial charge is 0.508 e. The molecule has 0 saturated carbocycles. The molecule has 0 aliphatic carbocycles. The third-order valence-electron chi connectivity index (χ3n) is 4.83. The normalized spacial score (nSPS) is 15.7. The number of amides is 3. The Morgan fingerprint density at radius 3 is 2.56 bits per heavy atom. The lowest BCUT2D eigenvalue weighted by Crippen LogP contribution is -2.52. The van der Waals surface area contributed by atoms with Gasteiger partial charge in [-0.1, -0.05) is 12.1 Å². The predicted molar refractivity (Wildman–Crippen MR) is 97.6 cm³/mol. The van der Waals surface area contributed by atoms with E-state index in [-0.39, 0.29) is 17.7 Å². The highest BCUT2D eigenvalue weighted by molar-refractivity contribution is 5.77. The first-order valence-electron chi connectivity index (χ1n) is 8.87. The lowest BCUT2D eigenvalue weighted by Gasteiger charge is -2.35. The standard InChI is InChI=1S/C19H29N3O3/c1-19(2,10-7-17(24)20-3)21-18(25)22-11-8-14(9-12-22)15-5-4-6-16(23)13-15/h4-6,13-14,23H,7-12H2,1-3H3,(H,20,24)(H,21,25). The summed E-state index contributed by atoms with van der Waals surface area (Å²) < 4.78 is 0. The van der Waals surface area contributed by atoms with E-state index in [1.807, 2.05) is 36.9 Å². The van der Waals surface area contributed by atoms with E-state index in [4.69, 9.17) is 0 Å².